The van der Waals surface area contributed by atoms with Crippen LogP contribution in [0.3, 0.4) is 0 Å². The second kappa shape index (κ2) is 7.64. The van der Waals surface area contributed by atoms with Crippen LogP contribution in [0.15, 0.2) is 42.5 Å². The fourth-order valence-electron chi connectivity index (χ4n) is 2.39. The van der Waals surface area contributed by atoms with Gasteiger partial charge in [-0.1, -0.05) is 35.3 Å². The molecular formula is C17H18Cl2N2O3S. The van der Waals surface area contributed by atoms with Crippen LogP contribution in [0.2, 0.25) is 10.0 Å². The highest BCUT2D eigenvalue weighted by molar-refractivity contribution is 7.92. The Kier molecular flexibility index (Phi) is 5.98. The van der Waals surface area contributed by atoms with Crippen LogP contribution in [0.5, 0.6) is 0 Å². The van der Waals surface area contributed by atoms with E-state index in [9.17, 15) is 13.2 Å². The summed E-state index contributed by atoms with van der Waals surface area (Å²) in [5.74, 6) is -0.476. The van der Waals surface area contributed by atoms with Crippen LogP contribution in [0.4, 0.5) is 11.4 Å². The Morgan fingerprint density at radius 2 is 1.76 bits per heavy atom. The number of halogens is 2. The monoisotopic (exact) mass is 400 g/mol. The summed E-state index contributed by atoms with van der Waals surface area (Å²) in [5, 5.41) is 3.58. The van der Waals surface area contributed by atoms with Crippen molar-refractivity contribution in [3.63, 3.8) is 0 Å². The molecule has 8 heteroatoms. The molecule has 5 nitrogen and oxygen atoms in total. The molecule has 1 amide bonds. The molecule has 2 aromatic carbocycles. The van der Waals surface area contributed by atoms with E-state index in [-0.39, 0.29) is 0 Å². The number of nitrogens with one attached hydrogen (secondary N) is 1. The molecule has 1 atom stereocenters. The fourth-order valence-corrected chi connectivity index (χ4v) is 3.91. The average Bonchev–Trinajstić information content (AvgIpc) is 2.49. The molecule has 134 valence electrons. The number of carbonyl (C=O) groups excluding carboxylic acids is 1. The van der Waals surface area contributed by atoms with E-state index in [2.05, 4.69) is 5.32 Å². The number of benzene rings is 2. The van der Waals surface area contributed by atoms with Crippen LogP contribution in [0.1, 0.15) is 12.5 Å². The normalized spacial score (nSPS) is 12.5. The van der Waals surface area contributed by atoms with E-state index in [1.54, 1.807) is 36.4 Å². The number of sulfonamides is 1. The van der Waals surface area contributed by atoms with Gasteiger partial charge in [-0.25, -0.2) is 8.42 Å². The Balaban J connectivity index is 2.35. The first kappa shape index (κ1) is 19.6. The zero-order valence-corrected chi connectivity index (χ0v) is 16.3. The van der Waals surface area contributed by atoms with Gasteiger partial charge in [-0.3, -0.25) is 9.10 Å². The summed E-state index contributed by atoms with van der Waals surface area (Å²) < 4.78 is 25.5. The van der Waals surface area contributed by atoms with Crippen molar-refractivity contribution in [3.05, 3.63) is 58.1 Å². The van der Waals surface area contributed by atoms with Crippen molar-refractivity contribution in [2.24, 2.45) is 0 Å². The molecule has 1 N–H and O–H groups in total. The van der Waals surface area contributed by atoms with Crippen molar-refractivity contribution in [2.75, 3.05) is 15.9 Å². The van der Waals surface area contributed by atoms with Gasteiger partial charge in [0.05, 0.1) is 11.9 Å². The van der Waals surface area contributed by atoms with Crippen LogP contribution in [-0.2, 0) is 14.8 Å². The highest BCUT2D eigenvalue weighted by Crippen LogP contribution is 2.25. The minimum absolute atomic E-state index is 0.320. The Hall–Kier alpha value is -1.76. The van der Waals surface area contributed by atoms with Gasteiger partial charge < -0.3 is 5.32 Å². The Morgan fingerprint density at radius 1 is 1.12 bits per heavy atom. The van der Waals surface area contributed by atoms with Crippen molar-refractivity contribution in [1.29, 1.82) is 0 Å². The van der Waals surface area contributed by atoms with Crippen LogP contribution >= 0.6 is 23.2 Å². The van der Waals surface area contributed by atoms with E-state index in [4.69, 9.17) is 23.2 Å². The van der Waals surface area contributed by atoms with E-state index < -0.39 is 22.0 Å². The van der Waals surface area contributed by atoms with Gasteiger partial charge in [0, 0.05) is 15.7 Å². The zero-order chi connectivity index (χ0) is 18.8. The second-order valence-corrected chi connectivity index (χ2v) is 8.40. The van der Waals surface area contributed by atoms with Crippen LogP contribution in [0, 0.1) is 6.92 Å². The summed E-state index contributed by atoms with van der Waals surface area (Å²) in [5.41, 5.74) is 1.67. The van der Waals surface area contributed by atoms with E-state index in [0.29, 0.717) is 21.4 Å². The molecule has 0 radical (unpaired) electrons. The summed E-state index contributed by atoms with van der Waals surface area (Å²) >= 11 is 11.9. The highest BCUT2D eigenvalue weighted by atomic mass is 35.5. The molecule has 1 unspecified atom stereocenters. The predicted octanol–water partition coefficient (Wildman–Crippen LogP) is 4.10. The average molecular weight is 401 g/mol. The van der Waals surface area contributed by atoms with E-state index in [1.165, 1.54) is 13.0 Å². The lowest BCUT2D eigenvalue weighted by molar-refractivity contribution is -0.116. The molecule has 0 aromatic heterocycles. The maximum Gasteiger partial charge on any atom is 0.248 e. The molecule has 2 rings (SSSR count). The third-order valence-electron chi connectivity index (χ3n) is 3.61. The molecule has 0 aliphatic carbocycles. The molecule has 0 saturated carbocycles. The van der Waals surface area contributed by atoms with Crippen molar-refractivity contribution >= 4 is 50.5 Å². The van der Waals surface area contributed by atoms with Crippen molar-refractivity contribution < 1.29 is 13.2 Å². The Labute approximate surface area is 157 Å². The summed E-state index contributed by atoms with van der Waals surface area (Å²) in [7, 11) is -3.70. The summed E-state index contributed by atoms with van der Waals surface area (Å²) in [6.45, 7) is 3.33. The molecular weight excluding hydrogens is 383 g/mol. The number of rotatable bonds is 5. The number of aryl methyl sites for hydroxylation is 1. The third kappa shape index (κ3) is 4.87. The molecule has 0 fully saturated rings. The first-order valence-corrected chi connectivity index (χ1v) is 10.0. The van der Waals surface area contributed by atoms with Gasteiger partial charge in [0.25, 0.3) is 0 Å². The van der Waals surface area contributed by atoms with Crippen molar-refractivity contribution in [1.82, 2.24) is 0 Å². The molecule has 0 saturated heterocycles. The van der Waals surface area contributed by atoms with Crippen molar-refractivity contribution in [2.45, 2.75) is 19.9 Å². The standard InChI is InChI=1S/C17H18Cl2N2O3S/c1-11-7-8-14(19)10-16(11)20-17(22)12(2)21(25(3,23)24)15-6-4-5-13(18)9-15/h4-10,12H,1-3H3,(H,20,22). The number of nitrogens with zero attached hydrogens (tertiary/aromatic N) is 1. The first-order chi connectivity index (χ1) is 11.6. The molecule has 0 spiro atoms. The molecule has 0 bridgehead atoms. The van der Waals surface area contributed by atoms with E-state index in [0.717, 1.165) is 16.1 Å². The van der Waals surface area contributed by atoms with Gasteiger partial charge in [-0.05, 0) is 49.7 Å². The van der Waals surface area contributed by atoms with E-state index >= 15 is 0 Å². The van der Waals surface area contributed by atoms with Gasteiger partial charge in [-0.15, -0.1) is 0 Å². The topological polar surface area (TPSA) is 66.5 Å². The maximum absolute atomic E-state index is 12.6. The molecule has 0 aliphatic rings. The Bertz CT molecular complexity index is 901. The summed E-state index contributed by atoms with van der Waals surface area (Å²) in [6, 6.07) is 10.5. The zero-order valence-electron chi connectivity index (χ0n) is 14.0. The maximum atomic E-state index is 12.6. The molecule has 0 heterocycles. The quantitative estimate of drug-likeness (QED) is 0.821. The van der Waals surface area contributed by atoms with Gasteiger partial charge in [0.1, 0.15) is 6.04 Å². The number of carbonyl (C=O) groups is 1. The summed E-state index contributed by atoms with van der Waals surface area (Å²) in [4.78, 5) is 12.6. The highest BCUT2D eigenvalue weighted by Gasteiger charge is 2.29. The Morgan fingerprint density at radius 3 is 2.36 bits per heavy atom. The van der Waals surface area contributed by atoms with Gasteiger partial charge in [0.2, 0.25) is 15.9 Å². The number of amides is 1. The van der Waals surface area contributed by atoms with Gasteiger partial charge in [0.15, 0.2) is 0 Å². The van der Waals surface area contributed by atoms with E-state index in [1.807, 2.05) is 6.92 Å². The van der Waals surface area contributed by atoms with Crippen molar-refractivity contribution in [3.8, 4) is 0 Å². The first-order valence-electron chi connectivity index (χ1n) is 7.41. The largest absolute Gasteiger partial charge is 0.324 e. The SMILES string of the molecule is Cc1ccc(Cl)cc1NC(=O)C(C)N(c1cccc(Cl)c1)S(C)(=O)=O. The molecule has 0 aliphatic heterocycles. The lowest BCUT2D eigenvalue weighted by Crippen LogP contribution is -2.45. The molecule has 25 heavy (non-hydrogen) atoms. The number of hydrogen-bond donors (Lipinski definition) is 1. The number of hydrogen-bond acceptors (Lipinski definition) is 3. The minimum atomic E-state index is -3.70. The summed E-state index contributed by atoms with van der Waals surface area (Å²) in [6.07, 6.45) is 1.04. The smallest absolute Gasteiger partial charge is 0.248 e. The third-order valence-corrected chi connectivity index (χ3v) is 5.32. The van der Waals surface area contributed by atoms with Crippen LogP contribution in [-0.4, -0.2) is 26.6 Å². The predicted molar refractivity (Wildman–Crippen MR) is 103 cm³/mol. The lowest BCUT2D eigenvalue weighted by Gasteiger charge is -2.28. The molecule has 2 aromatic rings. The lowest BCUT2D eigenvalue weighted by atomic mass is 10.2. The second-order valence-electron chi connectivity index (χ2n) is 5.66. The van der Waals surface area contributed by atoms with Gasteiger partial charge >= 0.3 is 0 Å². The van der Waals surface area contributed by atoms with Crippen LogP contribution < -0.4 is 9.62 Å². The number of anilines is 2. The fraction of sp³-hybridized carbons (Fsp3) is 0.235. The minimum Gasteiger partial charge on any atom is -0.324 e. The van der Waals surface area contributed by atoms with Crippen LogP contribution in [0.25, 0.3) is 0 Å². The van der Waals surface area contributed by atoms with Gasteiger partial charge in [-0.2, -0.15) is 0 Å².